The highest BCUT2D eigenvalue weighted by Crippen LogP contribution is 2.06. The first-order valence-corrected chi connectivity index (χ1v) is 8.97. The number of hydrogen-bond donors (Lipinski definition) is 3. The molecular weight excluding hydrogens is 350 g/mol. The van der Waals surface area contributed by atoms with Crippen molar-refractivity contribution in [2.45, 2.75) is 18.7 Å². The molecule has 0 fully saturated rings. The van der Waals surface area contributed by atoms with Crippen molar-refractivity contribution in [3.63, 3.8) is 0 Å². The largest absolute Gasteiger partial charge is 0.455 e. The lowest BCUT2D eigenvalue weighted by molar-refractivity contribution is -0.147. The third kappa shape index (κ3) is 8.27. The molecule has 0 spiro atoms. The normalized spacial score (nSPS) is 11.0. The summed E-state index contributed by atoms with van der Waals surface area (Å²) >= 11 is 0. The molecule has 0 aliphatic heterocycles. The lowest BCUT2D eigenvalue weighted by Crippen LogP contribution is -2.43. The predicted molar refractivity (Wildman–Crippen MR) is 89.0 cm³/mol. The van der Waals surface area contributed by atoms with Crippen LogP contribution < -0.4 is 15.4 Å². The van der Waals surface area contributed by atoms with Gasteiger partial charge in [-0.25, -0.2) is 13.2 Å². The van der Waals surface area contributed by atoms with Gasteiger partial charge in [0.2, 0.25) is 10.0 Å². The van der Waals surface area contributed by atoms with Crippen LogP contribution in [-0.2, 0) is 24.3 Å². The molecule has 0 atom stereocenters. The van der Waals surface area contributed by atoms with Gasteiger partial charge in [-0.1, -0.05) is 32.0 Å². The van der Waals surface area contributed by atoms with E-state index in [0.29, 0.717) is 6.54 Å². The van der Waals surface area contributed by atoms with Crippen molar-refractivity contribution in [2.75, 3.05) is 19.7 Å². The molecule has 138 valence electrons. The molecule has 0 aliphatic carbocycles. The number of imide groups is 1. The van der Waals surface area contributed by atoms with Gasteiger partial charge in [0.15, 0.2) is 6.61 Å². The molecule has 0 saturated heterocycles. The van der Waals surface area contributed by atoms with Crippen molar-refractivity contribution in [2.24, 2.45) is 5.92 Å². The SMILES string of the molecule is CC(C)CNC(=O)NC(=O)COC(=O)CNS(=O)(=O)c1ccccc1. The van der Waals surface area contributed by atoms with Gasteiger partial charge in [-0.3, -0.25) is 14.9 Å². The van der Waals surface area contributed by atoms with Crippen LogP contribution in [0.25, 0.3) is 0 Å². The second kappa shape index (κ2) is 9.74. The summed E-state index contributed by atoms with van der Waals surface area (Å²) < 4.78 is 30.5. The Kier molecular flexibility index (Phi) is 8.02. The minimum atomic E-state index is -3.84. The minimum absolute atomic E-state index is 0.00219. The zero-order valence-corrected chi connectivity index (χ0v) is 14.8. The van der Waals surface area contributed by atoms with E-state index in [0.717, 1.165) is 0 Å². The number of sulfonamides is 1. The molecule has 0 unspecified atom stereocenters. The molecule has 0 heterocycles. The summed E-state index contributed by atoms with van der Waals surface area (Å²) in [5, 5.41) is 4.44. The Morgan fingerprint density at radius 2 is 1.76 bits per heavy atom. The van der Waals surface area contributed by atoms with Gasteiger partial charge in [0.25, 0.3) is 5.91 Å². The number of hydrogen-bond acceptors (Lipinski definition) is 6. The van der Waals surface area contributed by atoms with Crippen molar-refractivity contribution in [1.82, 2.24) is 15.4 Å². The van der Waals surface area contributed by atoms with E-state index in [1.807, 2.05) is 19.2 Å². The van der Waals surface area contributed by atoms with Gasteiger partial charge in [0.05, 0.1) is 4.90 Å². The fourth-order valence-electron chi connectivity index (χ4n) is 1.54. The minimum Gasteiger partial charge on any atom is -0.455 e. The van der Waals surface area contributed by atoms with Crippen LogP contribution in [0.5, 0.6) is 0 Å². The van der Waals surface area contributed by atoms with Crippen LogP contribution in [0.3, 0.4) is 0 Å². The summed E-state index contributed by atoms with van der Waals surface area (Å²) in [4.78, 5) is 34.3. The average Bonchev–Trinajstić information content (AvgIpc) is 2.57. The molecule has 3 amide bonds. The maximum absolute atomic E-state index is 11.9. The highest BCUT2D eigenvalue weighted by Gasteiger charge is 2.16. The van der Waals surface area contributed by atoms with Crippen molar-refractivity contribution in [3.8, 4) is 0 Å². The zero-order valence-electron chi connectivity index (χ0n) is 13.9. The Labute approximate surface area is 146 Å². The quantitative estimate of drug-likeness (QED) is 0.551. The van der Waals surface area contributed by atoms with E-state index in [9.17, 15) is 22.8 Å². The van der Waals surface area contributed by atoms with E-state index in [1.165, 1.54) is 12.1 Å². The van der Waals surface area contributed by atoms with E-state index in [-0.39, 0.29) is 10.8 Å². The first kappa shape index (κ1) is 20.6. The van der Waals surface area contributed by atoms with Gasteiger partial charge in [-0.2, -0.15) is 4.72 Å². The Bertz CT molecular complexity index is 703. The number of benzene rings is 1. The molecule has 1 aromatic rings. The highest BCUT2D eigenvalue weighted by molar-refractivity contribution is 7.89. The molecule has 9 nitrogen and oxygen atoms in total. The van der Waals surface area contributed by atoms with E-state index in [4.69, 9.17) is 0 Å². The molecule has 0 aliphatic rings. The summed E-state index contributed by atoms with van der Waals surface area (Å²) in [5.41, 5.74) is 0. The summed E-state index contributed by atoms with van der Waals surface area (Å²) in [6.07, 6.45) is 0. The molecule has 0 radical (unpaired) electrons. The number of carbonyl (C=O) groups excluding carboxylic acids is 3. The van der Waals surface area contributed by atoms with Gasteiger partial charge in [-0.05, 0) is 18.1 Å². The molecule has 25 heavy (non-hydrogen) atoms. The molecule has 1 rings (SSSR count). The number of nitrogens with one attached hydrogen (secondary N) is 3. The summed E-state index contributed by atoms with van der Waals surface area (Å²) in [7, 11) is -3.84. The molecule has 1 aromatic carbocycles. The van der Waals surface area contributed by atoms with Crippen molar-refractivity contribution in [1.29, 1.82) is 0 Å². The second-order valence-electron chi connectivity index (χ2n) is 5.45. The Balaban J connectivity index is 2.33. The lowest BCUT2D eigenvalue weighted by Gasteiger charge is -2.09. The number of amides is 3. The number of carbonyl (C=O) groups is 3. The standard InChI is InChI=1S/C15H21N3O6S/c1-11(2)8-16-15(21)18-13(19)10-24-14(20)9-17-25(22,23)12-6-4-3-5-7-12/h3-7,11,17H,8-10H2,1-2H3,(H2,16,18,19,21). The van der Waals surface area contributed by atoms with Gasteiger partial charge in [-0.15, -0.1) is 0 Å². The Morgan fingerprint density at radius 3 is 2.36 bits per heavy atom. The molecular formula is C15H21N3O6S. The smallest absolute Gasteiger partial charge is 0.321 e. The monoisotopic (exact) mass is 371 g/mol. The van der Waals surface area contributed by atoms with Crippen molar-refractivity contribution < 1.29 is 27.5 Å². The van der Waals surface area contributed by atoms with Crippen LogP contribution in [0.2, 0.25) is 0 Å². The van der Waals surface area contributed by atoms with Crippen molar-refractivity contribution in [3.05, 3.63) is 30.3 Å². The fraction of sp³-hybridized carbons (Fsp3) is 0.400. The van der Waals surface area contributed by atoms with Crippen LogP contribution in [0.1, 0.15) is 13.8 Å². The highest BCUT2D eigenvalue weighted by atomic mass is 32.2. The number of rotatable bonds is 8. The first-order chi connectivity index (χ1) is 11.7. The fourth-order valence-corrected chi connectivity index (χ4v) is 2.53. The molecule has 0 aromatic heterocycles. The summed E-state index contributed by atoms with van der Waals surface area (Å²) in [6, 6.07) is 6.79. The Hall–Kier alpha value is -2.46. The van der Waals surface area contributed by atoms with Crippen LogP contribution in [0.4, 0.5) is 4.79 Å². The number of ether oxygens (including phenoxy) is 1. The van der Waals surface area contributed by atoms with Crippen LogP contribution in [0, 0.1) is 5.92 Å². The van der Waals surface area contributed by atoms with Crippen molar-refractivity contribution >= 4 is 27.9 Å². The molecule has 10 heteroatoms. The molecule has 3 N–H and O–H groups in total. The van der Waals surface area contributed by atoms with E-state index >= 15 is 0 Å². The first-order valence-electron chi connectivity index (χ1n) is 7.48. The molecule has 0 saturated carbocycles. The van der Waals surface area contributed by atoms with Gasteiger partial charge < -0.3 is 10.1 Å². The summed E-state index contributed by atoms with van der Waals surface area (Å²) in [6.45, 7) is 2.84. The maximum Gasteiger partial charge on any atom is 0.321 e. The Morgan fingerprint density at radius 1 is 1.12 bits per heavy atom. The van der Waals surface area contributed by atoms with Crippen LogP contribution in [0.15, 0.2) is 35.2 Å². The van der Waals surface area contributed by atoms with Gasteiger partial charge in [0.1, 0.15) is 6.54 Å². The van der Waals surface area contributed by atoms with Crippen LogP contribution in [-0.4, -0.2) is 46.0 Å². The third-order valence-corrected chi connectivity index (χ3v) is 4.17. The van der Waals surface area contributed by atoms with E-state index < -0.39 is 41.1 Å². The molecule has 0 bridgehead atoms. The summed E-state index contributed by atoms with van der Waals surface area (Å²) in [5.74, 6) is -1.55. The average molecular weight is 371 g/mol. The number of esters is 1. The maximum atomic E-state index is 11.9. The zero-order chi connectivity index (χ0) is 18.9. The topological polar surface area (TPSA) is 131 Å². The number of urea groups is 1. The lowest BCUT2D eigenvalue weighted by atomic mass is 10.2. The predicted octanol–water partition coefficient (Wildman–Crippen LogP) is -0.0101. The van der Waals surface area contributed by atoms with Crippen LogP contribution >= 0.6 is 0 Å². The van der Waals surface area contributed by atoms with Gasteiger partial charge in [0, 0.05) is 6.54 Å². The second-order valence-corrected chi connectivity index (χ2v) is 7.22. The van der Waals surface area contributed by atoms with E-state index in [1.54, 1.807) is 18.2 Å². The van der Waals surface area contributed by atoms with Gasteiger partial charge >= 0.3 is 12.0 Å². The van der Waals surface area contributed by atoms with E-state index in [2.05, 4.69) is 14.8 Å². The third-order valence-electron chi connectivity index (χ3n) is 2.75.